The molecule has 2 heteroatoms. The molecule has 0 atom stereocenters. The van der Waals surface area contributed by atoms with Gasteiger partial charge in [-0.25, -0.2) is 0 Å². The van der Waals surface area contributed by atoms with E-state index in [-0.39, 0.29) is 6.42 Å². The highest BCUT2D eigenvalue weighted by molar-refractivity contribution is 5.63. The van der Waals surface area contributed by atoms with E-state index in [2.05, 4.69) is 6.58 Å². The van der Waals surface area contributed by atoms with Crippen LogP contribution in [0.2, 0.25) is 0 Å². The molecule has 0 N–H and O–H groups in total. The first-order valence-corrected chi connectivity index (χ1v) is 3.97. The highest BCUT2D eigenvalue weighted by Crippen LogP contribution is 2.06. The Kier molecular flexibility index (Phi) is 5.53. The summed E-state index contributed by atoms with van der Waals surface area (Å²) in [6, 6.07) is 0. The number of carbonyl (C=O) groups excluding carboxylic acids is 1. The van der Waals surface area contributed by atoms with Gasteiger partial charge in [0, 0.05) is 5.97 Å². The lowest BCUT2D eigenvalue weighted by Crippen LogP contribution is -2.21. The molecule has 0 aliphatic carbocycles. The number of carboxylic acids is 1. The van der Waals surface area contributed by atoms with E-state index < -0.39 is 5.97 Å². The number of hydrogen-bond acceptors (Lipinski definition) is 2. The van der Waals surface area contributed by atoms with Crippen molar-refractivity contribution in [3.63, 3.8) is 0 Å². The zero-order valence-electron chi connectivity index (χ0n) is 7.06. The standard InChI is InChI=1S/C9H16O2/c1-8(2)6-4-3-5-7-9(10)11/h1,3-7H2,2H3,(H,10,11)/p-1. The Hall–Kier alpha value is -0.790. The van der Waals surface area contributed by atoms with Crippen LogP contribution in [0.25, 0.3) is 0 Å². The first-order valence-electron chi connectivity index (χ1n) is 3.97. The van der Waals surface area contributed by atoms with Gasteiger partial charge in [-0.15, -0.1) is 6.58 Å². The molecule has 0 aromatic carbocycles. The van der Waals surface area contributed by atoms with E-state index in [4.69, 9.17) is 0 Å². The van der Waals surface area contributed by atoms with Crippen LogP contribution in [0.5, 0.6) is 0 Å². The summed E-state index contributed by atoms with van der Waals surface area (Å²) in [5.41, 5.74) is 1.17. The Morgan fingerprint density at radius 2 is 1.82 bits per heavy atom. The summed E-state index contributed by atoms with van der Waals surface area (Å²) < 4.78 is 0. The second-order valence-electron chi connectivity index (χ2n) is 2.89. The molecule has 0 aliphatic rings. The number of unbranched alkanes of at least 4 members (excludes halogenated alkanes) is 2. The lowest BCUT2D eigenvalue weighted by molar-refractivity contribution is -0.305. The van der Waals surface area contributed by atoms with Crippen LogP contribution < -0.4 is 5.11 Å². The van der Waals surface area contributed by atoms with Crippen molar-refractivity contribution in [2.45, 2.75) is 39.0 Å². The minimum absolute atomic E-state index is 0.191. The molecule has 64 valence electrons. The van der Waals surface area contributed by atoms with Crippen molar-refractivity contribution >= 4 is 5.97 Å². The average Bonchev–Trinajstić information content (AvgIpc) is 1.85. The largest absolute Gasteiger partial charge is 0.550 e. The van der Waals surface area contributed by atoms with E-state index in [1.165, 1.54) is 5.57 Å². The molecule has 0 amide bonds. The van der Waals surface area contributed by atoms with E-state index in [1.807, 2.05) is 6.92 Å². The lowest BCUT2D eigenvalue weighted by atomic mass is 10.1. The molecule has 0 bridgehead atoms. The fourth-order valence-electron chi connectivity index (χ4n) is 0.873. The monoisotopic (exact) mass is 155 g/mol. The molecule has 0 saturated heterocycles. The van der Waals surface area contributed by atoms with Gasteiger partial charge in [-0.2, -0.15) is 0 Å². The van der Waals surface area contributed by atoms with E-state index in [9.17, 15) is 9.90 Å². The van der Waals surface area contributed by atoms with Crippen molar-refractivity contribution in [1.82, 2.24) is 0 Å². The normalized spacial score (nSPS) is 9.55. The Balaban J connectivity index is 3.03. The molecular weight excluding hydrogens is 140 g/mol. The summed E-state index contributed by atoms with van der Waals surface area (Å²) in [7, 11) is 0. The molecule has 0 aromatic rings. The molecule has 11 heavy (non-hydrogen) atoms. The third-order valence-corrected chi connectivity index (χ3v) is 1.48. The zero-order valence-corrected chi connectivity index (χ0v) is 7.06. The van der Waals surface area contributed by atoms with Crippen molar-refractivity contribution in [3.8, 4) is 0 Å². The Morgan fingerprint density at radius 1 is 1.27 bits per heavy atom. The highest BCUT2D eigenvalue weighted by Gasteiger charge is 1.90. The van der Waals surface area contributed by atoms with Crippen LogP contribution in [0.4, 0.5) is 0 Å². The summed E-state index contributed by atoms with van der Waals surface area (Å²) in [5, 5.41) is 9.97. The Bertz CT molecular complexity index is 122. The van der Waals surface area contributed by atoms with Gasteiger partial charge in [0.2, 0.25) is 0 Å². The van der Waals surface area contributed by atoms with E-state index >= 15 is 0 Å². The second kappa shape index (κ2) is 5.96. The van der Waals surface area contributed by atoms with Gasteiger partial charge in [0.25, 0.3) is 0 Å². The highest BCUT2D eigenvalue weighted by atomic mass is 16.4. The van der Waals surface area contributed by atoms with Crippen molar-refractivity contribution in [2.24, 2.45) is 0 Å². The Labute approximate surface area is 67.9 Å². The van der Waals surface area contributed by atoms with Gasteiger partial charge >= 0.3 is 0 Å². The molecule has 0 fully saturated rings. The summed E-state index contributed by atoms with van der Waals surface area (Å²) in [4.78, 5) is 9.97. The van der Waals surface area contributed by atoms with Crippen LogP contribution in [0.15, 0.2) is 12.2 Å². The van der Waals surface area contributed by atoms with Gasteiger partial charge in [0.1, 0.15) is 0 Å². The molecule has 2 nitrogen and oxygen atoms in total. The molecule has 0 unspecified atom stereocenters. The van der Waals surface area contributed by atoms with Crippen molar-refractivity contribution in [3.05, 3.63) is 12.2 Å². The van der Waals surface area contributed by atoms with Gasteiger partial charge in [-0.05, 0) is 32.6 Å². The van der Waals surface area contributed by atoms with Crippen LogP contribution in [0.1, 0.15) is 39.0 Å². The summed E-state index contributed by atoms with van der Waals surface area (Å²) in [5.74, 6) is -0.944. The molecular formula is C9H15O2-. The molecule has 0 saturated carbocycles. The first-order chi connectivity index (χ1) is 5.13. The third kappa shape index (κ3) is 9.21. The topological polar surface area (TPSA) is 40.1 Å². The average molecular weight is 155 g/mol. The molecule has 0 aromatic heterocycles. The predicted octanol–water partition coefficient (Wildman–Crippen LogP) is 1.26. The molecule has 0 rings (SSSR count). The third-order valence-electron chi connectivity index (χ3n) is 1.48. The molecule has 0 spiro atoms. The van der Waals surface area contributed by atoms with Crippen LogP contribution in [0, 0.1) is 0 Å². The van der Waals surface area contributed by atoms with Crippen LogP contribution >= 0.6 is 0 Å². The van der Waals surface area contributed by atoms with Crippen molar-refractivity contribution in [1.29, 1.82) is 0 Å². The number of hydrogen-bond donors (Lipinski definition) is 0. The lowest BCUT2D eigenvalue weighted by Gasteiger charge is -2.01. The minimum Gasteiger partial charge on any atom is -0.550 e. The van der Waals surface area contributed by atoms with Gasteiger partial charge < -0.3 is 9.90 Å². The second-order valence-corrected chi connectivity index (χ2v) is 2.89. The van der Waals surface area contributed by atoms with Crippen molar-refractivity contribution < 1.29 is 9.90 Å². The Morgan fingerprint density at radius 3 is 2.27 bits per heavy atom. The zero-order chi connectivity index (χ0) is 8.69. The maximum absolute atomic E-state index is 9.97. The number of aliphatic carboxylic acids is 1. The van der Waals surface area contributed by atoms with Gasteiger partial charge in [0.05, 0.1) is 0 Å². The number of allylic oxidation sites excluding steroid dienone is 1. The van der Waals surface area contributed by atoms with Gasteiger partial charge in [0.15, 0.2) is 0 Å². The first kappa shape index (κ1) is 10.2. The van der Waals surface area contributed by atoms with E-state index in [1.54, 1.807) is 0 Å². The fourth-order valence-corrected chi connectivity index (χ4v) is 0.873. The molecule has 0 heterocycles. The van der Waals surface area contributed by atoms with E-state index in [0.29, 0.717) is 0 Å². The summed E-state index contributed by atoms with van der Waals surface area (Å²) >= 11 is 0. The van der Waals surface area contributed by atoms with Crippen LogP contribution in [0.3, 0.4) is 0 Å². The van der Waals surface area contributed by atoms with Crippen molar-refractivity contribution in [2.75, 3.05) is 0 Å². The number of carbonyl (C=O) groups is 1. The minimum atomic E-state index is -0.944. The summed E-state index contributed by atoms with van der Waals surface area (Å²) in [6.07, 6.45) is 3.93. The summed E-state index contributed by atoms with van der Waals surface area (Å²) in [6.45, 7) is 5.74. The SMILES string of the molecule is C=C(C)CCCCCC(=O)[O-]. The fraction of sp³-hybridized carbons (Fsp3) is 0.667. The maximum atomic E-state index is 9.97. The quantitative estimate of drug-likeness (QED) is 0.428. The number of carboxylic acid groups (broad SMARTS) is 1. The number of rotatable bonds is 6. The predicted molar refractivity (Wildman–Crippen MR) is 42.9 cm³/mol. The molecule has 0 radical (unpaired) electrons. The smallest absolute Gasteiger partial charge is 0.0414 e. The van der Waals surface area contributed by atoms with Crippen LogP contribution in [-0.2, 0) is 4.79 Å². The maximum Gasteiger partial charge on any atom is 0.0414 e. The van der Waals surface area contributed by atoms with Gasteiger partial charge in [-0.1, -0.05) is 12.0 Å². The molecule has 0 aliphatic heterocycles. The van der Waals surface area contributed by atoms with E-state index in [0.717, 1.165) is 25.7 Å². The van der Waals surface area contributed by atoms with Crippen LogP contribution in [-0.4, -0.2) is 5.97 Å². The van der Waals surface area contributed by atoms with Gasteiger partial charge in [-0.3, -0.25) is 0 Å².